The number of nitrogens with two attached hydrogens (primary N) is 1. The minimum atomic E-state index is -4.01. The molecule has 0 aliphatic carbocycles. The molecular formula is C16H17N3O5S. The highest BCUT2D eigenvalue weighted by Gasteiger charge is 2.17. The Morgan fingerprint density at radius 2 is 1.72 bits per heavy atom. The number of hydrazine groups is 1. The molecule has 0 unspecified atom stereocenters. The van der Waals surface area contributed by atoms with Crippen molar-refractivity contribution in [2.75, 3.05) is 12.3 Å². The predicted molar refractivity (Wildman–Crippen MR) is 91.0 cm³/mol. The predicted octanol–water partition coefficient (Wildman–Crippen LogP) is 1.07. The molecule has 132 valence electrons. The van der Waals surface area contributed by atoms with Gasteiger partial charge in [0.1, 0.15) is 0 Å². The van der Waals surface area contributed by atoms with Crippen LogP contribution in [-0.2, 0) is 14.8 Å². The van der Waals surface area contributed by atoms with Gasteiger partial charge in [-0.1, -0.05) is 12.1 Å². The molecular weight excluding hydrogens is 346 g/mol. The SMILES string of the molecule is CCOC(=O)c1ccc(S(=O)(=O)NNC(=O)c2ccccc2N)cc1. The van der Waals surface area contributed by atoms with Crippen molar-refractivity contribution in [3.05, 3.63) is 59.7 Å². The second-order valence-corrected chi connectivity index (χ2v) is 6.57. The van der Waals surface area contributed by atoms with Gasteiger partial charge in [0, 0.05) is 5.69 Å². The summed E-state index contributed by atoms with van der Waals surface area (Å²) >= 11 is 0. The van der Waals surface area contributed by atoms with Crippen LogP contribution in [0.5, 0.6) is 0 Å². The number of carbonyl (C=O) groups is 2. The molecule has 0 saturated carbocycles. The van der Waals surface area contributed by atoms with Gasteiger partial charge in [0.05, 0.1) is 22.6 Å². The molecule has 0 aliphatic rings. The van der Waals surface area contributed by atoms with E-state index in [2.05, 4.69) is 5.43 Å². The number of hydrogen-bond donors (Lipinski definition) is 3. The smallest absolute Gasteiger partial charge is 0.338 e. The van der Waals surface area contributed by atoms with Crippen LogP contribution in [0.4, 0.5) is 5.69 Å². The van der Waals surface area contributed by atoms with Crippen molar-refractivity contribution in [1.82, 2.24) is 10.3 Å². The van der Waals surface area contributed by atoms with E-state index in [1.165, 1.54) is 36.4 Å². The zero-order valence-corrected chi connectivity index (χ0v) is 14.2. The van der Waals surface area contributed by atoms with E-state index in [1.54, 1.807) is 19.1 Å². The molecule has 2 aromatic rings. The van der Waals surface area contributed by atoms with Crippen LogP contribution < -0.4 is 16.0 Å². The Balaban J connectivity index is 2.08. The van der Waals surface area contributed by atoms with Crippen LogP contribution in [0.3, 0.4) is 0 Å². The molecule has 0 aromatic heterocycles. The van der Waals surface area contributed by atoms with E-state index in [9.17, 15) is 18.0 Å². The molecule has 4 N–H and O–H groups in total. The third kappa shape index (κ3) is 4.55. The number of esters is 1. The third-order valence-electron chi connectivity index (χ3n) is 3.18. The summed E-state index contributed by atoms with van der Waals surface area (Å²) in [7, 11) is -4.01. The number of sulfonamides is 1. The van der Waals surface area contributed by atoms with Crippen LogP contribution >= 0.6 is 0 Å². The first-order chi connectivity index (χ1) is 11.8. The molecule has 0 heterocycles. The lowest BCUT2D eigenvalue weighted by atomic mass is 10.2. The van der Waals surface area contributed by atoms with Gasteiger partial charge in [-0.3, -0.25) is 10.2 Å². The van der Waals surface area contributed by atoms with Crippen molar-refractivity contribution in [2.24, 2.45) is 0 Å². The van der Waals surface area contributed by atoms with Gasteiger partial charge in [-0.15, -0.1) is 4.83 Å². The summed E-state index contributed by atoms with van der Waals surface area (Å²) in [6.07, 6.45) is 0. The number of ether oxygens (including phenoxy) is 1. The maximum atomic E-state index is 12.2. The lowest BCUT2D eigenvalue weighted by Gasteiger charge is -2.10. The summed E-state index contributed by atoms with van der Waals surface area (Å²) in [4.78, 5) is 25.4. The molecule has 1 amide bonds. The quantitative estimate of drug-likeness (QED) is 0.400. The van der Waals surface area contributed by atoms with Crippen LogP contribution in [-0.4, -0.2) is 26.9 Å². The van der Waals surface area contributed by atoms with Gasteiger partial charge in [-0.25, -0.2) is 13.2 Å². The number of hydrogen-bond acceptors (Lipinski definition) is 6. The van der Waals surface area contributed by atoms with Gasteiger partial charge in [0.15, 0.2) is 0 Å². The van der Waals surface area contributed by atoms with Gasteiger partial charge >= 0.3 is 5.97 Å². The first kappa shape index (κ1) is 18.4. The molecule has 9 heteroatoms. The highest BCUT2D eigenvalue weighted by molar-refractivity contribution is 7.89. The Hall–Kier alpha value is -2.91. The number of nitrogens with one attached hydrogen (secondary N) is 2. The van der Waals surface area contributed by atoms with Crippen LogP contribution in [0.1, 0.15) is 27.6 Å². The summed E-state index contributed by atoms with van der Waals surface area (Å²) in [5, 5.41) is 0. The number of para-hydroxylation sites is 1. The van der Waals surface area contributed by atoms with Gasteiger partial charge in [0.2, 0.25) is 0 Å². The molecule has 0 fully saturated rings. The monoisotopic (exact) mass is 363 g/mol. The molecule has 0 spiro atoms. The molecule has 25 heavy (non-hydrogen) atoms. The van der Waals surface area contributed by atoms with Crippen molar-refractivity contribution >= 4 is 27.6 Å². The first-order valence-corrected chi connectivity index (χ1v) is 8.77. The molecule has 2 rings (SSSR count). The van der Waals surface area contributed by atoms with Crippen molar-refractivity contribution < 1.29 is 22.7 Å². The van der Waals surface area contributed by atoms with Gasteiger partial charge < -0.3 is 10.5 Å². The lowest BCUT2D eigenvalue weighted by Crippen LogP contribution is -2.41. The fraction of sp³-hybridized carbons (Fsp3) is 0.125. The van der Waals surface area contributed by atoms with Crippen LogP contribution in [0, 0.1) is 0 Å². The van der Waals surface area contributed by atoms with E-state index >= 15 is 0 Å². The van der Waals surface area contributed by atoms with E-state index < -0.39 is 21.9 Å². The van der Waals surface area contributed by atoms with E-state index in [-0.39, 0.29) is 28.3 Å². The normalized spacial score (nSPS) is 10.9. The maximum absolute atomic E-state index is 12.2. The molecule has 2 aromatic carbocycles. The Morgan fingerprint density at radius 3 is 2.32 bits per heavy atom. The highest BCUT2D eigenvalue weighted by atomic mass is 32.2. The minimum absolute atomic E-state index is 0.123. The van der Waals surface area contributed by atoms with Crippen LogP contribution in [0.2, 0.25) is 0 Å². The largest absolute Gasteiger partial charge is 0.462 e. The topological polar surface area (TPSA) is 128 Å². The van der Waals surface area contributed by atoms with E-state index in [0.717, 1.165) is 0 Å². The standard InChI is InChI=1S/C16H17N3O5S/c1-2-24-16(21)11-7-9-12(10-8-11)25(22,23)19-18-15(20)13-5-3-4-6-14(13)17/h3-10,19H,2,17H2,1H3,(H,18,20). The maximum Gasteiger partial charge on any atom is 0.338 e. The molecule has 0 atom stereocenters. The summed E-state index contributed by atoms with van der Waals surface area (Å²) in [5.74, 6) is -1.24. The van der Waals surface area contributed by atoms with E-state index in [1.807, 2.05) is 4.83 Å². The first-order valence-electron chi connectivity index (χ1n) is 7.29. The number of rotatable bonds is 6. The summed E-state index contributed by atoms with van der Waals surface area (Å²) in [6, 6.07) is 11.4. The van der Waals surface area contributed by atoms with Gasteiger partial charge in [-0.05, 0) is 43.3 Å². The zero-order chi connectivity index (χ0) is 18.4. The zero-order valence-electron chi connectivity index (χ0n) is 13.4. The van der Waals surface area contributed by atoms with Gasteiger partial charge in [0.25, 0.3) is 15.9 Å². The fourth-order valence-electron chi connectivity index (χ4n) is 1.93. The fourth-order valence-corrected chi connectivity index (χ4v) is 2.77. The summed E-state index contributed by atoms with van der Waals surface area (Å²) in [5.41, 5.74) is 8.33. The number of benzene rings is 2. The third-order valence-corrected chi connectivity index (χ3v) is 4.44. The average molecular weight is 363 g/mol. The highest BCUT2D eigenvalue weighted by Crippen LogP contribution is 2.12. The van der Waals surface area contributed by atoms with Gasteiger partial charge in [-0.2, -0.15) is 0 Å². The number of carbonyl (C=O) groups excluding carboxylic acids is 2. The summed E-state index contributed by atoms with van der Waals surface area (Å²) in [6.45, 7) is 1.89. The van der Waals surface area contributed by atoms with E-state index in [4.69, 9.17) is 10.5 Å². The lowest BCUT2D eigenvalue weighted by molar-refractivity contribution is 0.0526. The second-order valence-electron chi connectivity index (χ2n) is 4.89. The second kappa shape index (κ2) is 7.77. The van der Waals surface area contributed by atoms with Crippen molar-refractivity contribution in [3.8, 4) is 0 Å². The summed E-state index contributed by atoms with van der Waals surface area (Å²) < 4.78 is 29.2. The Kier molecular flexibility index (Phi) is 5.73. The van der Waals surface area contributed by atoms with Crippen molar-refractivity contribution in [2.45, 2.75) is 11.8 Å². The molecule has 0 saturated heterocycles. The number of anilines is 1. The molecule has 0 bridgehead atoms. The van der Waals surface area contributed by atoms with Crippen LogP contribution in [0.15, 0.2) is 53.4 Å². The molecule has 8 nitrogen and oxygen atoms in total. The number of amides is 1. The average Bonchev–Trinajstić information content (AvgIpc) is 2.60. The Bertz CT molecular complexity index is 879. The minimum Gasteiger partial charge on any atom is -0.462 e. The molecule has 0 radical (unpaired) electrons. The van der Waals surface area contributed by atoms with Crippen molar-refractivity contribution in [3.63, 3.8) is 0 Å². The Labute approximate surface area is 145 Å². The van der Waals surface area contributed by atoms with Crippen molar-refractivity contribution in [1.29, 1.82) is 0 Å². The number of nitrogen functional groups attached to an aromatic ring is 1. The Morgan fingerprint density at radius 1 is 1.08 bits per heavy atom. The van der Waals surface area contributed by atoms with E-state index in [0.29, 0.717) is 0 Å². The molecule has 0 aliphatic heterocycles. The van der Waals surface area contributed by atoms with Crippen LogP contribution in [0.25, 0.3) is 0 Å².